The van der Waals surface area contributed by atoms with Crippen molar-refractivity contribution in [3.63, 3.8) is 0 Å². The van der Waals surface area contributed by atoms with E-state index in [0.29, 0.717) is 11.7 Å². The van der Waals surface area contributed by atoms with Gasteiger partial charge in [-0.25, -0.2) is 8.78 Å². The number of aryl methyl sites for hydroxylation is 2. The normalized spacial score (nSPS) is 17.0. The molecule has 1 fully saturated rings. The molecule has 1 amide bonds. The first-order valence-electron chi connectivity index (χ1n) is 8.58. The molecule has 0 bridgehead atoms. The van der Waals surface area contributed by atoms with Crippen LogP contribution in [-0.2, 0) is 4.79 Å². The van der Waals surface area contributed by atoms with Crippen LogP contribution in [-0.4, -0.2) is 22.6 Å². The minimum absolute atomic E-state index is 0.157. The highest BCUT2D eigenvalue weighted by Crippen LogP contribution is 2.32. The SMILES string of the molecule is Cc1ccc(-c2nc(C3CC(=O)N(c4cc(F)cc(F)c4)C3)no2)cc1C. The van der Waals surface area contributed by atoms with Crippen LogP contribution < -0.4 is 4.90 Å². The minimum atomic E-state index is -0.724. The lowest BCUT2D eigenvalue weighted by Gasteiger charge is -2.16. The second-order valence-corrected chi connectivity index (χ2v) is 6.79. The molecule has 138 valence electrons. The maximum absolute atomic E-state index is 13.5. The van der Waals surface area contributed by atoms with Crippen molar-refractivity contribution in [3.8, 4) is 11.5 Å². The molecule has 4 rings (SSSR count). The number of amides is 1. The number of rotatable bonds is 3. The van der Waals surface area contributed by atoms with Gasteiger partial charge in [-0.3, -0.25) is 4.79 Å². The van der Waals surface area contributed by atoms with Crippen LogP contribution in [0.2, 0.25) is 0 Å². The van der Waals surface area contributed by atoms with Crippen molar-refractivity contribution in [1.29, 1.82) is 0 Å². The fraction of sp³-hybridized carbons (Fsp3) is 0.250. The van der Waals surface area contributed by atoms with Crippen molar-refractivity contribution in [1.82, 2.24) is 10.1 Å². The van der Waals surface area contributed by atoms with Crippen LogP contribution in [0.3, 0.4) is 0 Å². The van der Waals surface area contributed by atoms with Gasteiger partial charge in [0.15, 0.2) is 5.82 Å². The summed E-state index contributed by atoms with van der Waals surface area (Å²) in [5, 5.41) is 4.01. The Morgan fingerprint density at radius 3 is 2.52 bits per heavy atom. The lowest BCUT2D eigenvalue weighted by Crippen LogP contribution is -2.24. The van der Waals surface area contributed by atoms with Crippen molar-refractivity contribution < 1.29 is 18.1 Å². The second kappa shape index (κ2) is 6.57. The molecule has 1 unspecified atom stereocenters. The summed E-state index contributed by atoms with van der Waals surface area (Å²) < 4.78 is 32.3. The summed E-state index contributed by atoms with van der Waals surface area (Å²) >= 11 is 0. The summed E-state index contributed by atoms with van der Waals surface area (Å²) in [5.74, 6) is -1.18. The highest BCUT2D eigenvalue weighted by molar-refractivity contribution is 5.96. The summed E-state index contributed by atoms with van der Waals surface area (Å²) in [7, 11) is 0. The van der Waals surface area contributed by atoms with Gasteiger partial charge in [-0.1, -0.05) is 11.2 Å². The molecule has 0 spiro atoms. The Labute approximate surface area is 154 Å². The van der Waals surface area contributed by atoms with Crippen LogP contribution in [0.25, 0.3) is 11.5 Å². The topological polar surface area (TPSA) is 59.2 Å². The Bertz CT molecular complexity index is 1010. The zero-order valence-corrected chi connectivity index (χ0v) is 14.9. The van der Waals surface area contributed by atoms with Gasteiger partial charge in [0.2, 0.25) is 5.91 Å². The molecule has 1 aromatic heterocycles. The lowest BCUT2D eigenvalue weighted by atomic mass is 10.1. The Kier molecular flexibility index (Phi) is 4.22. The number of halogens is 2. The number of carbonyl (C=O) groups is 1. The molecule has 5 nitrogen and oxygen atoms in total. The first-order valence-corrected chi connectivity index (χ1v) is 8.58. The Hall–Kier alpha value is -3.09. The number of aromatic nitrogens is 2. The average Bonchev–Trinajstić information content (AvgIpc) is 3.23. The largest absolute Gasteiger partial charge is 0.334 e. The smallest absolute Gasteiger partial charge is 0.257 e. The van der Waals surface area contributed by atoms with Gasteiger partial charge in [0.1, 0.15) is 11.6 Å². The zero-order chi connectivity index (χ0) is 19.1. The molecule has 0 aliphatic carbocycles. The van der Waals surface area contributed by atoms with Crippen molar-refractivity contribution >= 4 is 11.6 Å². The maximum atomic E-state index is 13.5. The molecule has 0 radical (unpaired) electrons. The lowest BCUT2D eigenvalue weighted by molar-refractivity contribution is -0.117. The highest BCUT2D eigenvalue weighted by atomic mass is 19.1. The van der Waals surface area contributed by atoms with E-state index in [9.17, 15) is 13.6 Å². The number of anilines is 1. The second-order valence-electron chi connectivity index (χ2n) is 6.79. The standard InChI is InChI=1S/C20H17F2N3O2/c1-11-3-4-13(5-12(11)2)20-23-19(24-27-20)14-6-18(26)25(10-14)17-8-15(21)7-16(22)9-17/h3-5,7-9,14H,6,10H2,1-2H3. The first kappa shape index (κ1) is 17.3. The summed E-state index contributed by atoms with van der Waals surface area (Å²) in [4.78, 5) is 18.1. The molecular formula is C20H17F2N3O2. The molecule has 7 heteroatoms. The molecule has 0 N–H and O–H groups in total. The summed E-state index contributed by atoms with van der Waals surface area (Å²) in [6.45, 7) is 4.27. The van der Waals surface area contributed by atoms with Crippen LogP contribution in [0.4, 0.5) is 14.5 Å². The van der Waals surface area contributed by atoms with Gasteiger partial charge in [-0.05, 0) is 49.2 Å². The molecule has 2 aromatic carbocycles. The number of carbonyl (C=O) groups excluding carboxylic acids is 1. The van der Waals surface area contributed by atoms with E-state index in [0.717, 1.165) is 34.9 Å². The van der Waals surface area contributed by atoms with Crippen LogP contribution in [0, 0.1) is 25.5 Å². The summed E-state index contributed by atoms with van der Waals surface area (Å²) in [5.41, 5.74) is 3.28. The molecule has 3 aromatic rings. The molecule has 1 aliphatic rings. The van der Waals surface area contributed by atoms with Crippen molar-refractivity contribution in [2.24, 2.45) is 0 Å². The third kappa shape index (κ3) is 3.32. The van der Waals surface area contributed by atoms with Crippen LogP contribution in [0.1, 0.15) is 29.3 Å². The molecule has 1 aliphatic heterocycles. The quantitative estimate of drug-likeness (QED) is 0.696. The molecular weight excluding hydrogens is 352 g/mol. The molecule has 1 saturated heterocycles. The van der Waals surface area contributed by atoms with E-state index < -0.39 is 11.6 Å². The van der Waals surface area contributed by atoms with Crippen LogP contribution >= 0.6 is 0 Å². The van der Waals surface area contributed by atoms with Gasteiger partial charge >= 0.3 is 0 Å². The van der Waals surface area contributed by atoms with Gasteiger partial charge in [-0.2, -0.15) is 4.98 Å². The van der Waals surface area contributed by atoms with E-state index in [1.807, 2.05) is 32.0 Å². The van der Waals surface area contributed by atoms with E-state index in [2.05, 4.69) is 10.1 Å². The number of benzene rings is 2. The van der Waals surface area contributed by atoms with E-state index in [4.69, 9.17) is 4.52 Å². The van der Waals surface area contributed by atoms with Crippen molar-refractivity contribution in [3.05, 3.63) is 65.0 Å². The number of hydrogen-bond acceptors (Lipinski definition) is 4. The first-order chi connectivity index (χ1) is 12.9. The average molecular weight is 369 g/mol. The summed E-state index contributed by atoms with van der Waals surface area (Å²) in [6, 6.07) is 8.90. The summed E-state index contributed by atoms with van der Waals surface area (Å²) in [6.07, 6.45) is 0.157. The Balaban J connectivity index is 1.57. The van der Waals surface area contributed by atoms with Gasteiger partial charge in [0, 0.05) is 36.2 Å². The minimum Gasteiger partial charge on any atom is -0.334 e. The molecule has 1 atom stereocenters. The molecule has 27 heavy (non-hydrogen) atoms. The fourth-order valence-corrected chi connectivity index (χ4v) is 3.22. The number of nitrogens with zero attached hydrogens (tertiary/aromatic N) is 3. The Morgan fingerprint density at radius 1 is 1.07 bits per heavy atom. The van der Waals surface area contributed by atoms with E-state index in [1.165, 1.54) is 4.90 Å². The third-order valence-electron chi connectivity index (χ3n) is 4.84. The fourth-order valence-electron chi connectivity index (χ4n) is 3.22. The third-order valence-corrected chi connectivity index (χ3v) is 4.84. The van der Waals surface area contributed by atoms with Crippen LogP contribution in [0.15, 0.2) is 40.9 Å². The van der Waals surface area contributed by atoms with Crippen molar-refractivity contribution in [2.75, 3.05) is 11.4 Å². The van der Waals surface area contributed by atoms with E-state index >= 15 is 0 Å². The molecule has 0 saturated carbocycles. The van der Waals surface area contributed by atoms with Crippen LogP contribution in [0.5, 0.6) is 0 Å². The van der Waals surface area contributed by atoms with Gasteiger partial charge in [0.05, 0.1) is 0 Å². The highest BCUT2D eigenvalue weighted by Gasteiger charge is 2.35. The van der Waals surface area contributed by atoms with Gasteiger partial charge in [0.25, 0.3) is 5.89 Å². The van der Waals surface area contributed by atoms with Gasteiger partial charge in [-0.15, -0.1) is 0 Å². The predicted molar refractivity (Wildman–Crippen MR) is 95.3 cm³/mol. The molecule has 2 heterocycles. The van der Waals surface area contributed by atoms with E-state index in [1.54, 1.807) is 0 Å². The van der Waals surface area contributed by atoms with E-state index in [-0.39, 0.29) is 30.5 Å². The van der Waals surface area contributed by atoms with Gasteiger partial charge < -0.3 is 9.42 Å². The Morgan fingerprint density at radius 2 is 1.81 bits per heavy atom. The maximum Gasteiger partial charge on any atom is 0.257 e. The number of hydrogen-bond donors (Lipinski definition) is 0. The monoisotopic (exact) mass is 369 g/mol. The zero-order valence-electron chi connectivity index (χ0n) is 14.9. The predicted octanol–water partition coefficient (Wildman–Crippen LogP) is 4.15. The van der Waals surface area contributed by atoms with Crippen molar-refractivity contribution in [2.45, 2.75) is 26.2 Å².